The van der Waals surface area contributed by atoms with E-state index in [1.54, 1.807) is 0 Å². The molecule has 0 unspecified atom stereocenters. The molecule has 0 N–H and O–H groups in total. The molecule has 0 atom stereocenters. The van der Waals surface area contributed by atoms with Crippen LogP contribution in [-0.2, 0) is 0 Å². The number of nitrogens with zero attached hydrogens (tertiary/aromatic N) is 2. The normalized spacial score (nSPS) is 24.3. The average Bonchev–Trinajstić information content (AvgIpc) is 3.13. The van der Waals surface area contributed by atoms with Crippen molar-refractivity contribution < 1.29 is 17.3 Å². The summed E-state index contributed by atoms with van der Waals surface area (Å²) in [5.41, 5.74) is 2.35. The third-order valence-electron chi connectivity index (χ3n) is 7.69. The van der Waals surface area contributed by atoms with Crippen LogP contribution in [0.1, 0.15) is 19.3 Å². The minimum atomic E-state index is -4.42. The number of hydrogen-bond donors (Lipinski definition) is 0. The Morgan fingerprint density at radius 2 is 1.11 bits per heavy atom. The van der Waals surface area contributed by atoms with Gasteiger partial charge in [-0.15, -0.1) is 0 Å². The molecular weight excluding hydrogens is 364 g/mol. The number of para-hydroxylation sites is 2. The maximum atomic E-state index is 7.32. The number of pyridine rings is 2. The molecule has 1 fully saturated rings. The van der Waals surface area contributed by atoms with E-state index in [1.807, 2.05) is 0 Å². The Morgan fingerprint density at radius 3 is 1.64 bits per heavy atom. The molecule has 28 heavy (non-hydrogen) atoms. The number of benzene rings is 2. The summed E-state index contributed by atoms with van der Waals surface area (Å²) in [6, 6.07) is 23.3. The number of hydrogen-bond acceptors (Lipinski definition) is 2. The molecule has 2 aromatic carbocycles. The number of aromatic nitrogens is 2. The Morgan fingerprint density at radius 1 is 0.607 bits per heavy atom. The minimum absolute atomic E-state index is 0.923. The molecule has 140 valence electrons. The summed E-state index contributed by atoms with van der Waals surface area (Å²) in [5, 5.41) is 2.42. The molecule has 5 heterocycles. The van der Waals surface area contributed by atoms with E-state index >= 15 is 0 Å². The van der Waals surface area contributed by atoms with Crippen LogP contribution in [0.15, 0.2) is 73.1 Å². The van der Waals surface area contributed by atoms with Gasteiger partial charge < -0.3 is 0 Å². The molecule has 5 heteroatoms. The molecule has 0 amide bonds. The molecule has 0 saturated carbocycles. The van der Waals surface area contributed by atoms with Crippen LogP contribution in [0.5, 0.6) is 11.5 Å². The van der Waals surface area contributed by atoms with E-state index in [-0.39, 0.29) is 0 Å². The van der Waals surface area contributed by atoms with E-state index in [9.17, 15) is 0 Å². The zero-order valence-corrected chi connectivity index (χ0v) is 16.7. The van der Waals surface area contributed by atoms with Crippen molar-refractivity contribution >= 4 is 29.2 Å². The van der Waals surface area contributed by atoms with Crippen LogP contribution in [0.25, 0.3) is 21.8 Å². The van der Waals surface area contributed by atoms with Crippen molar-refractivity contribution in [2.75, 3.05) is 0 Å². The number of rotatable bonds is 0. The third-order valence-corrected chi connectivity index (χ3v) is 15.7. The Balaban J connectivity index is 1.76. The van der Waals surface area contributed by atoms with Crippen LogP contribution in [0.2, 0.25) is 12.1 Å². The van der Waals surface area contributed by atoms with Crippen molar-refractivity contribution in [1.82, 2.24) is 0 Å². The average molecular weight is 387 g/mol. The zero-order valence-electron chi connectivity index (χ0n) is 15.7. The Bertz CT molecular complexity index is 1250. The Labute approximate surface area is 162 Å². The second kappa shape index (κ2) is 4.23. The predicted octanol–water partition coefficient (Wildman–Crippen LogP) is 4.28. The molecule has 0 bridgehead atoms. The zero-order chi connectivity index (χ0) is 18.5. The fourth-order valence-electron chi connectivity index (χ4n) is 6.66. The van der Waals surface area contributed by atoms with Crippen LogP contribution < -0.4 is 17.3 Å². The van der Waals surface area contributed by atoms with Gasteiger partial charge in [-0.3, -0.25) is 0 Å². The quantitative estimate of drug-likeness (QED) is 0.422. The standard InChI is InChI=1S/C23H22N2O2Si/c1-2-16-28(17-3-1,24-14-6-10-18-8-4-12-20(26-28)22(18)24)25-15-7-11-19-9-5-13-21(27-28)23(19)25/h4-15H,1-3,16-17H2. The van der Waals surface area contributed by atoms with Crippen LogP contribution >= 0.6 is 0 Å². The molecule has 0 radical (unpaired) electrons. The molecule has 1 spiro atoms. The topological polar surface area (TPSA) is 26.2 Å². The van der Waals surface area contributed by atoms with E-state index in [1.165, 1.54) is 28.2 Å². The second-order valence-corrected chi connectivity index (χ2v) is 15.3. The van der Waals surface area contributed by atoms with E-state index in [4.69, 9.17) is 8.85 Å². The predicted molar refractivity (Wildman–Crippen MR) is 110 cm³/mol. The third kappa shape index (κ3) is 1.30. The van der Waals surface area contributed by atoms with E-state index in [2.05, 4.69) is 81.5 Å². The van der Waals surface area contributed by atoms with Gasteiger partial charge in [0.05, 0.1) is 0 Å². The first-order chi connectivity index (χ1) is 13.7. The molecule has 3 aliphatic rings. The van der Waals surface area contributed by atoms with E-state index in [0.29, 0.717) is 0 Å². The molecule has 4 aromatic rings. The van der Waals surface area contributed by atoms with Crippen molar-refractivity contribution in [1.29, 1.82) is 0 Å². The van der Waals surface area contributed by atoms with Crippen molar-refractivity contribution in [2.45, 2.75) is 31.4 Å². The van der Waals surface area contributed by atoms with E-state index in [0.717, 1.165) is 36.4 Å². The monoisotopic (exact) mass is 386 g/mol. The molecule has 4 nitrogen and oxygen atoms in total. The molecule has 1 saturated heterocycles. The van der Waals surface area contributed by atoms with Gasteiger partial charge in [-0.1, -0.05) is 0 Å². The van der Waals surface area contributed by atoms with Gasteiger partial charge in [0.2, 0.25) is 0 Å². The Hall–Kier alpha value is -2.92. The van der Waals surface area contributed by atoms with Gasteiger partial charge in [0.25, 0.3) is 0 Å². The summed E-state index contributed by atoms with van der Waals surface area (Å²) in [7, 11) is -4.42. The van der Waals surface area contributed by atoms with Gasteiger partial charge >= 0.3 is 162 Å². The molecule has 7 rings (SSSR count). The Kier molecular flexibility index (Phi) is 2.27. The second-order valence-electron chi connectivity index (χ2n) is 8.92. The first kappa shape index (κ1) is 15.1. The molecular formula is C23H22N2O2Si. The van der Waals surface area contributed by atoms with Crippen LogP contribution in [-0.4, -0.2) is 7.44 Å². The summed E-state index contributed by atoms with van der Waals surface area (Å²) < 4.78 is 19.6. The first-order valence-electron chi connectivity index (χ1n) is 10.3. The van der Waals surface area contributed by atoms with Gasteiger partial charge in [0.1, 0.15) is 0 Å². The summed E-state index contributed by atoms with van der Waals surface area (Å²) in [6.07, 6.45) is 7.87. The van der Waals surface area contributed by atoms with Crippen LogP contribution in [0.3, 0.4) is 0 Å². The first-order valence-corrected chi connectivity index (χ1v) is 13.5. The van der Waals surface area contributed by atoms with Gasteiger partial charge in [0.15, 0.2) is 0 Å². The van der Waals surface area contributed by atoms with Crippen molar-refractivity contribution in [3.05, 3.63) is 73.1 Å². The van der Waals surface area contributed by atoms with Gasteiger partial charge in [-0.2, -0.15) is 0 Å². The summed E-state index contributed by atoms with van der Waals surface area (Å²) >= 11 is 0. The SMILES string of the molecule is c1cc2c3c(c1)ccc[n+]3[Si-2]13(CCCCC1)(O2)Oc1cccc2ccc[n+]3c12. The molecule has 3 aliphatic heterocycles. The fraction of sp³-hybridized carbons (Fsp3) is 0.217. The van der Waals surface area contributed by atoms with Crippen LogP contribution in [0, 0.1) is 0 Å². The van der Waals surface area contributed by atoms with Crippen molar-refractivity contribution in [2.24, 2.45) is 0 Å². The van der Waals surface area contributed by atoms with Gasteiger partial charge in [-0.05, 0) is 0 Å². The summed E-state index contributed by atoms with van der Waals surface area (Å²) in [4.78, 5) is 0. The van der Waals surface area contributed by atoms with Gasteiger partial charge in [-0.25, -0.2) is 0 Å². The molecule has 0 aliphatic carbocycles. The summed E-state index contributed by atoms with van der Waals surface area (Å²) in [6.45, 7) is 0. The van der Waals surface area contributed by atoms with Crippen molar-refractivity contribution in [3.8, 4) is 11.5 Å². The summed E-state index contributed by atoms with van der Waals surface area (Å²) in [5.74, 6) is 1.92. The fourth-order valence-corrected chi connectivity index (χ4v) is 15.3. The maximum absolute atomic E-state index is 7.32. The molecule has 2 aromatic heterocycles. The van der Waals surface area contributed by atoms with E-state index < -0.39 is 7.44 Å². The van der Waals surface area contributed by atoms with Crippen LogP contribution in [0.4, 0.5) is 0 Å². The van der Waals surface area contributed by atoms with Crippen molar-refractivity contribution in [3.63, 3.8) is 0 Å². The van der Waals surface area contributed by atoms with Gasteiger partial charge in [0, 0.05) is 0 Å².